The average Bonchev–Trinajstić information content (AvgIpc) is 2.68. The van der Waals surface area contributed by atoms with E-state index < -0.39 is 22.4 Å². The molecule has 100 valence electrons. The van der Waals surface area contributed by atoms with Gasteiger partial charge >= 0.3 is 0 Å². The molecule has 1 aromatic rings. The van der Waals surface area contributed by atoms with Gasteiger partial charge in [-0.25, -0.2) is 0 Å². The number of hydrogen-bond donors (Lipinski definition) is 3. The first kappa shape index (κ1) is 13.2. The lowest BCUT2D eigenvalue weighted by Gasteiger charge is -2.10. The van der Waals surface area contributed by atoms with Crippen LogP contribution in [0.4, 0.5) is 4.79 Å². The van der Waals surface area contributed by atoms with E-state index >= 15 is 0 Å². The van der Waals surface area contributed by atoms with Crippen LogP contribution in [-0.2, 0) is 4.79 Å². The predicted molar refractivity (Wildman–Crippen MR) is 67.0 cm³/mol. The van der Waals surface area contributed by atoms with Gasteiger partial charge in [0.25, 0.3) is 17.1 Å². The number of nitrogens with one attached hydrogen (secondary N) is 2. The molecule has 0 aromatic heterocycles. The summed E-state index contributed by atoms with van der Waals surface area (Å²) in [5.74, 6) is -1.05. The molecule has 19 heavy (non-hydrogen) atoms. The van der Waals surface area contributed by atoms with E-state index in [2.05, 4.69) is 10.6 Å². The largest absolute Gasteiger partial charge is 0.504 e. The van der Waals surface area contributed by atoms with Crippen molar-refractivity contribution in [3.05, 3.63) is 23.8 Å². The number of rotatable bonds is 3. The maximum absolute atomic E-state index is 11.9. The standard InChI is InChI=1S/C11H10N2O5S/c1-18-7-4-5(2-3-6(7)14)8(15)12-10-9(16)13-11(17)19-10/h2-4,10,14H,1H3,(H,12,15)(H,13,16,17). The van der Waals surface area contributed by atoms with Gasteiger partial charge in [0.05, 0.1) is 7.11 Å². The predicted octanol–water partition coefficient (Wildman–Crippen LogP) is 0.440. The van der Waals surface area contributed by atoms with Crippen molar-refractivity contribution in [1.82, 2.24) is 10.6 Å². The zero-order chi connectivity index (χ0) is 14.0. The van der Waals surface area contributed by atoms with E-state index in [0.717, 1.165) is 0 Å². The van der Waals surface area contributed by atoms with Crippen molar-refractivity contribution in [3.8, 4) is 11.5 Å². The highest BCUT2D eigenvalue weighted by molar-refractivity contribution is 8.15. The Labute approximate surface area is 112 Å². The van der Waals surface area contributed by atoms with Gasteiger partial charge in [-0.1, -0.05) is 0 Å². The third-order valence-corrected chi connectivity index (χ3v) is 3.28. The van der Waals surface area contributed by atoms with Crippen LogP contribution in [0, 0.1) is 0 Å². The van der Waals surface area contributed by atoms with E-state index in [9.17, 15) is 19.5 Å². The maximum Gasteiger partial charge on any atom is 0.288 e. The van der Waals surface area contributed by atoms with Crippen molar-refractivity contribution >= 4 is 28.8 Å². The molecule has 1 heterocycles. The van der Waals surface area contributed by atoms with Gasteiger partial charge in [0.2, 0.25) is 0 Å². The fraction of sp³-hybridized carbons (Fsp3) is 0.182. The fourth-order valence-corrected chi connectivity index (χ4v) is 2.18. The topological polar surface area (TPSA) is 105 Å². The molecule has 0 aliphatic carbocycles. The van der Waals surface area contributed by atoms with Crippen molar-refractivity contribution in [2.24, 2.45) is 0 Å². The van der Waals surface area contributed by atoms with Crippen LogP contribution in [0.2, 0.25) is 0 Å². The number of carbonyl (C=O) groups excluding carboxylic acids is 3. The molecule has 1 aliphatic heterocycles. The molecule has 0 radical (unpaired) electrons. The molecule has 0 saturated carbocycles. The van der Waals surface area contributed by atoms with Gasteiger partial charge in [-0.2, -0.15) is 0 Å². The maximum atomic E-state index is 11.9. The van der Waals surface area contributed by atoms with E-state index in [1.165, 1.54) is 25.3 Å². The Morgan fingerprint density at radius 3 is 2.79 bits per heavy atom. The third kappa shape index (κ3) is 2.79. The van der Waals surface area contributed by atoms with Crippen molar-refractivity contribution < 1.29 is 24.2 Å². The number of phenols is 1. The summed E-state index contributed by atoms with van der Waals surface area (Å²) in [6, 6.07) is 4.03. The summed E-state index contributed by atoms with van der Waals surface area (Å²) in [7, 11) is 1.36. The molecular formula is C11H10N2O5S. The highest BCUT2D eigenvalue weighted by Crippen LogP contribution is 2.26. The molecular weight excluding hydrogens is 272 g/mol. The minimum absolute atomic E-state index is 0.0952. The number of amides is 3. The summed E-state index contributed by atoms with van der Waals surface area (Å²) >= 11 is 0.698. The van der Waals surface area contributed by atoms with E-state index in [0.29, 0.717) is 11.8 Å². The zero-order valence-corrected chi connectivity index (χ0v) is 10.6. The van der Waals surface area contributed by atoms with Crippen molar-refractivity contribution in [2.45, 2.75) is 5.37 Å². The average molecular weight is 282 g/mol. The van der Waals surface area contributed by atoms with Crippen LogP contribution in [0.1, 0.15) is 10.4 Å². The van der Waals surface area contributed by atoms with Crippen molar-refractivity contribution in [3.63, 3.8) is 0 Å². The summed E-state index contributed by atoms with van der Waals surface area (Å²) < 4.78 is 4.88. The lowest BCUT2D eigenvalue weighted by Crippen LogP contribution is -2.38. The molecule has 1 aliphatic rings. The Morgan fingerprint density at radius 1 is 1.47 bits per heavy atom. The molecule has 3 amide bonds. The molecule has 1 fully saturated rings. The van der Waals surface area contributed by atoms with Gasteiger partial charge in [0.15, 0.2) is 16.9 Å². The van der Waals surface area contributed by atoms with Crippen LogP contribution in [-0.4, -0.2) is 34.6 Å². The summed E-state index contributed by atoms with van der Waals surface area (Å²) in [5.41, 5.74) is 0.211. The molecule has 0 spiro atoms. The van der Waals surface area contributed by atoms with E-state index in [1.807, 2.05) is 0 Å². The zero-order valence-electron chi connectivity index (χ0n) is 9.80. The van der Waals surface area contributed by atoms with Gasteiger partial charge in [0.1, 0.15) is 0 Å². The van der Waals surface area contributed by atoms with Crippen LogP contribution in [0.3, 0.4) is 0 Å². The number of aromatic hydroxyl groups is 1. The number of ether oxygens (including phenoxy) is 1. The normalized spacial score (nSPS) is 18.1. The minimum Gasteiger partial charge on any atom is -0.504 e. The second kappa shape index (κ2) is 5.19. The Morgan fingerprint density at radius 2 is 2.21 bits per heavy atom. The smallest absolute Gasteiger partial charge is 0.288 e. The summed E-state index contributed by atoms with van der Waals surface area (Å²) in [4.78, 5) is 34.1. The first-order chi connectivity index (χ1) is 9.01. The van der Waals surface area contributed by atoms with Crippen molar-refractivity contribution in [1.29, 1.82) is 0 Å². The molecule has 1 unspecified atom stereocenters. The second-order valence-electron chi connectivity index (χ2n) is 3.63. The van der Waals surface area contributed by atoms with E-state index in [-0.39, 0.29) is 17.1 Å². The number of hydrogen-bond acceptors (Lipinski definition) is 6. The van der Waals surface area contributed by atoms with Gasteiger partial charge in [-0.3, -0.25) is 19.7 Å². The SMILES string of the molecule is COc1cc(C(=O)NC2SC(=O)NC2=O)ccc1O. The van der Waals surface area contributed by atoms with E-state index in [1.54, 1.807) is 0 Å². The lowest BCUT2D eigenvalue weighted by atomic mass is 10.2. The highest BCUT2D eigenvalue weighted by Gasteiger charge is 2.33. The van der Waals surface area contributed by atoms with Gasteiger partial charge < -0.3 is 15.2 Å². The fourth-order valence-electron chi connectivity index (χ4n) is 1.47. The van der Waals surface area contributed by atoms with Gasteiger partial charge in [-0.05, 0) is 30.0 Å². The van der Waals surface area contributed by atoms with Gasteiger partial charge in [0, 0.05) is 5.56 Å². The monoisotopic (exact) mass is 282 g/mol. The Kier molecular flexibility index (Phi) is 3.61. The quantitative estimate of drug-likeness (QED) is 0.743. The number of methoxy groups -OCH3 is 1. The molecule has 7 nitrogen and oxygen atoms in total. The van der Waals surface area contributed by atoms with Crippen molar-refractivity contribution in [2.75, 3.05) is 7.11 Å². The number of phenolic OH excluding ortho intramolecular Hbond substituents is 1. The van der Waals surface area contributed by atoms with Crippen LogP contribution >= 0.6 is 11.8 Å². The van der Waals surface area contributed by atoms with Crippen LogP contribution in [0.15, 0.2) is 18.2 Å². The molecule has 1 saturated heterocycles. The molecule has 0 bridgehead atoms. The summed E-state index contributed by atoms with van der Waals surface area (Å²) in [6.07, 6.45) is 0. The molecule has 1 aromatic carbocycles. The third-order valence-electron chi connectivity index (χ3n) is 2.39. The van der Waals surface area contributed by atoms with Crippen LogP contribution in [0.25, 0.3) is 0 Å². The molecule has 3 N–H and O–H groups in total. The van der Waals surface area contributed by atoms with Gasteiger partial charge in [-0.15, -0.1) is 0 Å². The van der Waals surface area contributed by atoms with Crippen LogP contribution < -0.4 is 15.4 Å². The molecule has 1 atom stereocenters. The minimum atomic E-state index is -0.945. The number of carbonyl (C=O) groups is 3. The number of thioether (sulfide) groups is 1. The van der Waals surface area contributed by atoms with E-state index in [4.69, 9.17) is 4.74 Å². The summed E-state index contributed by atoms with van der Waals surface area (Å²) in [6.45, 7) is 0. The first-order valence-corrected chi connectivity index (χ1v) is 6.08. The Bertz CT molecular complexity index is 560. The number of imide groups is 1. The second-order valence-corrected chi connectivity index (χ2v) is 4.71. The molecule has 8 heteroatoms. The van der Waals surface area contributed by atoms with Crippen LogP contribution in [0.5, 0.6) is 11.5 Å². The summed E-state index contributed by atoms with van der Waals surface area (Å²) in [5, 5.41) is 12.4. The Hall–Kier alpha value is -2.22. The highest BCUT2D eigenvalue weighted by atomic mass is 32.2. The number of benzene rings is 1. The molecule has 2 rings (SSSR count). The first-order valence-electron chi connectivity index (χ1n) is 5.20. The lowest BCUT2D eigenvalue weighted by molar-refractivity contribution is -0.119. The Balaban J connectivity index is 2.12.